The first-order valence-corrected chi connectivity index (χ1v) is 12.4. The molecule has 12 heteroatoms. The van der Waals surface area contributed by atoms with Gasteiger partial charge in [-0.2, -0.15) is 26.3 Å². The number of ether oxygens (including phenoxy) is 2. The van der Waals surface area contributed by atoms with Crippen LogP contribution in [0.2, 0.25) is 0 Å². The first-order chi connectivity index (χ1) is 18.8. The fourth-order valence-electron chi connectivity index (χ4n) is 4.26. The number of allylic oxidation sites excluding steroid dienone is 1. The molecule has 1 aliphatic heterocycles. The summed E-state index contributed by atoms with van der Waals surface area (Å²) in [7, 11) is 1.41. The monoisotopic (exact) mass is 568 g/mol. The zero-order valence-corrected chi connectivity index (χ0v) is 21.9. The van der Waals surface area contributed by atoms with Gasteiger partial charge in [-0.25, -0.2) is 4.99 Å². The van der Waals surface area contributed by atoms with Crippen molar-refractivity contribution in [1.82, 2.24) is 4.90 Å². The summed E-state index contributed by atoms with van der Waals surface area (Å²) < 4.78 is 90.6. The summed E-state index contributed by atoms with van der Waals surface area (Å²) in [6, 6.07) is 7.78. The molecule has 40 heavy (non-hydrogen) atoms. The third-order valence-electron chi connectivity index (χ3n) is 6.23. The van der Waals surface area contributed by atoms with Crippen molar-refractivity contribution in [2.45, 2.75) is 44.6 Å². The first-order valence-electron chi connectivity index (χ1n) is 12.4. The number of methoxy groups -OCH3 is 1. The van der Waals surface area contributed by atoms with Crippen molar-refractivity contribution in [1.29, 1.82) is 5.41 Å². The normalized spacial score (nSPS) is 17.0. The minimum Gasteiger partial charge on any atom is -0.493 e. The number of hydrogen-bond donors (Lipinski definition) is 2. The number of rotatable bonds is 8. The van der Waals surface area contributed by atoms with E-state index in [4.69, 9.17) is 20.6 Å². The van der Waals surface area contributed by atoms with E-state index in [1.807, 2.05) is 0 Å². The van der Waals surface area contributed by atoms with Gasteiger partial charge < -0.3 is 20.1 Å². The number of hydrogen-bond acceptors (Lipinski definition) is 4. The summed E-state index contributed by atoms with van der Waals surface area (Å²) in [6.45, 7) is 2.12. The molecule has 216 valence electrons. The van der Waals surface area contributed by atoms with E-state index in [9.17, 15) is 26.3 Å². The second-order valence-electron chi connectivity index (χ2n) is 8.93. The molecule has 0 bridgehead atoms. The van der Waals surface area contributed by atoms with E-state index in [0.29, 0.717) is 18.5 Å². The third kappa shape index (κ3) is 7.80. The molecule has 2 aromatic carbocycles. The highest BCUT2D eigenvalue weighted by molar-refractivity contribution is 5.91. The number of nitrogens with zero attached hydrogens (tertiary/aromatic N) is 2. The Hall–Kier alpha value is -3.96. The van der Waals surface area contributed by atoms with Crippen molar-refractivity contribution >= 4 is 23.6 Å². The SMILES string of the molecule is C/C=C(\N=C(OC)C1CCCN1C(=N)N)c1ccc(OCC/C=C/c2ccc(C(F)(F)F)cc2)c(C(F)(F)F)c1. The number of aliphatic imine (C=N–C) groups is 1. The van der Waals surface area contributed by atoms with Crippen LogP contribution in [0.25, 0.3) is 11.8 Å². The number of halogens is 6. The lowest BCUT2D eigenvalue weighted by molar-refractivity contribution is -0.139. The molecule has 0 radical (unpaired) electrons. The fraction of sp³-hybridized carbons (Fsp3) is 0.357. The Balaban J connectivity index is 1.73. The molecule has 1 unspecified atom stereocenters. The van der Waals surface area contributed by atoms with Crippen molar-refractivity contribution in [2.75, 3.05) is 20.3 Å². The minimum atomic E-state index is -4.70. The second kappa shape index (κ2) is 12.9. The van der Waals surface area contributed by atoms with Gasteiger partial charge in [0.15, 0.2) is 5.96 Å². The summed E-state index contributed by atoms with van der Waals surface area (Å²) in [5.74, 6) is -0.247. The van der Waals surface area contributed by atoms with Crippen molar-refractivity contribution in [3.05, 3.63) is 76.9 Å². The summed E-state index contributed by atoms with van der Waals surface area (Å²) in [5, 5.41) is 7.75. The molecule has 3 N–H and O–H groups in total. The molecule has 6 nitrogen and oxygen atoms in total. The Morgan fingerprint density at radius 1 is 1.10 bits per heavy atom. The van der Waals surface area contributed by atoms with Crippen LogP contribution in [0.3, 0.4) is 0 Å². The van der Waals surface area contributed by atoms with Crippen molar-refractivity contribution < 1.29 is 35.8 Å². The lowest BCUT2D eigenvalue weighted by Crippen LogP contribution is -2.44. The summed E-state index contributed by atoms with van der Waals surface area (Å²) in [6.07, 6.45) is -2.76. The Morgan fingerprint density at radius 2 is 1.80 bits per heavy atom. The Bertz CT molecular complexity index is 1270. The number of benzene rings is 2. The standard InChI is InChI=1S/C28H30F6N4O2/c1-3-22(37-25(39-2)23-8-6-15-38(23)26(35)36)19-11-14-24(21(17-19)28(32,33)34)40-16-5-4-7-18-9-12-20(13-10-18)27(29,30)31/h3-4,7,9-14,17,23H,5-6,8,15-16H2,1-2H3,(H3,35,36)/b7-4+,22-3-,37-25?. The van der Waals surface area contributed by atoms with Crippen molar-refractivity contribution in [3.63, 3.8) is 0 Å². The highest BCUT2D eigenvalue weighted by Gasteiger charge is 2.35. The molecule has 0 aromatic heterocycles. The van der Waals surface area contributed by atoms with Gasteiger partial charge in [0.05, 0.1) is 30.5 Å². The number of alkyl halides is 6. The Kier molecular flexibility index (Phi) is 9.88. The van der Waals surface area contributed by atoms with E-state index in [-0.39, 0.29) is 41.9 Å². The van der Waals surface area contributed by atoms with Gasteiger partial charge in [0.25, 0.3) is 0 Å². The van der Waals surface area contributed by atoms with Crippen LogP contribution < -0.4 is 10.5 Å². The van der Waals surface area contributed by atoms with Crippen LogP contribution in [0.5, 0.6) is 5.75 Å². The molecular formula is C28H30F6N4O2. The van der Waals surface area contributed by atoms with Crippen LogP contribution >= 0.6 is 0 Å². The van der Waals surface area contributed by atoms with Gasteiger partial charge in [-0.15, -0.1) is 0 Å². The molecule has 1 aliphatic rings. The molecule has 1 fully saturated rings. The van der Waals surface area contributed by atoms with E-state index < -0.39 is 29.5 Å². The zero-order chi connectivity index (χ0) is 29.5. The molecule has 1 saturated heterocycles. The third-order valence-corrected chi connectivity index (χ3v) is 6.23. The van der Waals surface area contributed by atoms with Crippen LogP contribution in [0.1, 0.15) is 48.4 Å². The molecule has 0 saturated carbocycles. The van der Waals surface area contributed by atoms with Gasteiger partial charge >= 0.3 is 12.4 Å². The average molecular weight is 569 g/mol. The molecule has 0 spiro atoms. The van der Waals surface area contributed by atoms with E-state index >= 15 is 0 Å². The van der Waals surface area contributed by atoms with Gasteiger partial charge in [0.2, 0.25) is 5.90 Å². The van der Waals surface area contributed by atoms with Gasteiger partial charge in [-0.05, 0) is 62.1 Å². The van der Waals surface area contributed by atoms with Gasteiger partial charge in [0, 0.05) is 12.1 Å². The molecule has 0 aliphatic carbocycles. The van der Waals surface area contributed by atoms with Crippen LogP contribution in [0.4, 0.5) is 26.3 Å². The largest absolute Gasteiger partial charge is 0.493 e. The maximum Gasteiger partial charge on any atom is 0.419 e. The van der Waals surface area contributed by atoms with Crippen molar-refractivity contribution in [3.8, 4) is 5.75 Å². The van der Waals surface area contributed by atoms with E-state index in [1.165, 1.54) is 31.4 Å². The van der Waals surface area contributed by atoms with Gasteiger partial charge in [-0.3, -0.25) is 5.41 Å². The molecule has 0 amide bonds. The van der Waals surface area contributed by atoms with Crippen molar-refractivity contribution in [2.24, 2.45) is 10.7 Å². The number of guanidine groups is 1. The zero-order valence-electron chi connectivity index (χ0n) is 21.9. The average Bonchev–Trinajstić information content (AvgIpc) is 3.39. The highest BCUT2D eigenvalue weighted by Crippen LogP contribution is 2.38. The topological polar surface area (TPSA) is 83.9 Å². The minimum absolute atomic E-state index is 0.0788. The summed E-state index contributed by atoms with van der Waals surface area (Å²) >= 11 is 0. The molecule has 3 rings (SSSR count). The second-order valence-corrected chi connectivity index (χ2v) is 8.93. The van der Waals surface area contributed by atoms with E-state index in [2.05, 4.69) is 4.99 Å². The maximum absolute atomic E-state index is 13.9. The Labute approximate surface area is 228 Å². The Morgan fingerprint density at radius 3 is 2.38 bits per heavy atom. The molecular weight excluding hydrogens is 538 g/mol. The number of likely N-dealkylation sites (tertiary alicyclic amines) is 1. The summed E-state index contributed by atoms with van der Waals surface area (Å²) in [4.78, 5) is 6.09. The van der Waals surface area contributed by atoms with E-state index in [0.717, 1.165) is 24.6 Å². The molecule has 1 heterocycles. The summed E-state index contributed by atoms with van der Waals surface area (Å²) in [5.41, 5.74) is 4.88. The maximum atomic E-state index is 13.9. The molecule has 2 aromatic rings. The van der Waals surface area contributed by atoms with Crippen LogP contribution in [0, 0.1) is 5.41 Å². The number of nitrogens with one attached hydrogen (secondary N) is 1. The van der Waals surface area contributed by atoms with E-state index in [1.54, 1.807) is 30.1 Å². The van der Waals surface area contributed by atoms with Crippen LogP contribution in [-0.2, 0) is 17.1 Å². The number of nitrogens with two attached hydrogens (primary N) is 1. The lowest BCUT2D eigenvalue weighted by Gasteiger charge is -2.25. The first kappa shape index (κ1) is 30.6. The highest BCUT2D eigenvalue weighted by atomic mass is 19.4. The molecule has 1 atom stereocenters. The van der Waals surface area contributed by atoms with Gasteiger partial charge in [-0.1, -0.05) is 30.4 Å². The lowest BCUT2D eigenvalue weighted by atomic mass is 10.1. The fourth-order valence-corrected chi connectivity index (χ4v) is 4.26. The smallest absolute Gasteiger partial charge is 0.419 e. The van der Waals surface area contributed by atoms with Crippen LogP contribution in [0.15, 0.2) is 59.6 Å². The predicted molar refractivity (Wildman–Crippen MR) is 142 cm³/mol. The van der Waals surface area contributed by atoms with Crippen LogP contribution in [-0.4, -0.2) is 43.1 Å². The quantitative estimate of drug-likeness (QED) is 0.156. The predicted octanol–water partition coefficient (Wildman–Crippen LogP) is 6.97. The van der Waals surface area contributed by atoms with Gasteiger partial charge in [0.1, 0.15) is 11.8 Å².